The van der Waals surface area contributed by atoms with E-state index in [2.05, 4.69) is 27.2 Å². The Labute approximate surface area is 103 Å². The molecule has 5 heteroatoms. The Hall–Kier alpha value is -0.710. The predicted octanol–water partition coefficient (Wildman–Crippen LogP) is 1.08. The molecule has 0 aliphatic carbocycles. The third kappa shape index (κ3) is 3.70. The molecule has 1 N–H and O–H groups in total. The lowest BCUT2D eigenvalue weighted by atomic mass is 10.1. The molecule has 0 aromatic carbocycles. The summed E-state index contributed by atoms with van der Waals surface area (Å²) in [5.74, 6) is 0. The summed E-state index contributed by atoms with van der Waals surface area (Å²) in [7, 11) is 2.16. The van der Waals surface area contributed by atoms with Crippen LogP contribution < -0.4 is 5.32 Å². The van der Waals surface area contributed by atoms with Crippen LogP contribution in [0.5, 0.6) is 0 Å². The molecule has 1 aromatic heterocycles. The van der Waals surface area contributed by atoms with Crippen molar-refractivity contribution in [3.63, 3.8) is 0 Å². The Bertz CT molecular complexity index is 287. The van der Waals surface area contributed by atoms with Crippen LogP contribution in [-0.4, -0.2) is 41.0 Å². The van der Waals surface area contributed by atoms with Gasteiger partial charge in [0.25, 0.3) is 0 Å². The van der Waals surface area contributed by atoms with Crippen LogP contribution in [0.2, 0.25) is 0 Å². The van der Waals surface area contributed by atoms with Gasteiger partial charge in [0, 0.05) is 37.7 Å². The highest BCUT2D eigenvalue weighted by molar-refractivity contribution is 5.85. The SMILES string of the molecule is CN(Cc1cnccn1)C1CCCNC1.Cl. The normalized spacial score (nSPS) is 20.5. The van der Waals surface area contributed by atoms with Gasteiger partial charge < -0.3 is 5.32 Å². The number of piperidine rings is 1. The summed E-state index contributed by atoms with van der Waals surface area (Å²) in [5, 5.41) is 3.42. The van der Waals surface area contributed by atoms with Gasteiger partial charge in [-0.15, -0.1) is 12.4 Å². The molecule has 0 radical (unpaired) electrons. The fourth-order valence-electron chi connectivity index (χ4n) is 2.01. The molecule has 1 aliphatic heterocycles. The second-order valence-corrected chi connectivity index (χ2v) is 4.11. The van der Waals surface area contributed by atoms with Gasteiger partial charge in [-0.2, -0.15) is 0 Å². The maximum atomic E-state index is 4.29. The van der Waals surface area contributed by atoms with Gasteiger partial charge in [-0.1, -0.05) is 0 Å². The first-order valence-electron chi connectivity index (χ1n) is 5.52. The molecule has 0 amide bonds. The third-order valence-corrected chi connectivity index (χ3v) is 2.92. The van der Waals surface area contributed by atoms with Crippen molar-refractivity contribution in [2.75, 3.05) is 20.1 Å². The molecule has 1 aromatic rings. The number of aromatic nitrogens is 2. The van der Waals surface area contributed by atoms with Crippen LogP contribution in [-0.2, 0) is 6.54 Å². The van der Waals surface area contributed by atoms with E-state index in [4.69, 9.17) is 0 Å². The highest BCUT2D eigenvalue weighted by atomic mass is 35.5. The summed E-state index contributed by atoms with van der Waals surface area (Å²) in [4.78, 5) is 10.7. The number of hydrogen-bond acceptors (Lipinski definition) is 4. The van der Waals surface area contributed by atoms with E-state index in [-0.39, 0.29) is 12.4 Å². The van der Waals surface area contributed by atoms with E-state index in [1.54, 1.807) is 12.4 Å². The van der Waals surface area contributed by atoms with Crippen molar-refractivity contribution < 1.29 is 0 Å². The van der Waals surface area contributed by atoms with Gasteiger partial charge in [0.15, 0.2) is 0 Å². The van der Waals surface area contributed by atoms with Crippen LogP contribution in [0.15, 0.2) is 18.6 Å². The predicted molar refractivity (Wildman–Crippen MR) is 66.6 cm³/mol. The van der Waals surface area contributed by atoms with Crippen LogP contribution in [0.25, 0.3) is 0 Å². The van der Waals surface area contributed by atoms with Gasteiger partial charge in [0.05, 0.1) is 5.69 Å². The minimum Gasteiger partial charge on any atom is -0.315 e. The molecule has 1 saturated heterocycles. The van der Waals surface area contributed by atoms with E-state index in [0.717, 1.165) is 25.3 Å². The molecule has 2 heterocycles. The number of nitrogens with one attached hydrogen (secondary N) is 1. The maximum Gasteiger partial charge on any atom is 0.0726 e. The molecule has 0 bridgehead atoms. The van der Waals surface area contributed by atoms with Crippen LogP contribution >= 0.6 is 12.4 Å². The van der Waals surface area contributed by atoms with Crippen molar-refractivity contribution in [2.45, 2.75) is 25.4 Å². The summed E-state index contributed by atoms with van der Waals surface area (Å²) in [6.45, 7) is 3.15. The second-order valence-electron chi connectivity index (χ2n) is 4.11. The molecule has 90 valence electrons. The fourth-order valence-corrected chi connectivity index (χ4v) is 2.01. The molecular weight excluding hydrogens is 224 g/mol. The van der Waals surface area contributed by atoms with Crippen LogP contribution in [0.1, 0.15) is 18.5 Å². The Morgan fingerprint density at radius 2 is 2.38 bits per heavy atom. The molecule has 2 rings (SSSR count). The first kappa shape index (κ1) is 13.4. The molecule has 1 aliphatic rings. The second kappa shape index (κ2) is 6.78. The van der Waals surface area contributed by atoms with Gasteiger partial charge in [0.2, 0.25) is 0 Å². The molecular formula is C11H19ClN4. The van der Waals surface area contributed by atoms with E-state index < -0.39 is 0 Å². The Morgan fingerprint density at radius 3 is 3.00 bits per heavy atom. The van der Waals surface area contributed by atoms with Gasteiger partial charge in [-0.25, -0.2) is 0 Å². The summed E-state index contributed by atoms with van der Waals surface area (Å²) >= 11 is 0. The largest absolute Gasteiger partial charge is 0.315 e. The quantitative estimate of drug-likeness (QED) is 0.862. The Morgan fingerprint density at radius 1 is 1.50 bits per heavy atom. The van der Waals surface area contributed by atoms with E-state index >= 15 is 0 Å². The van der Waals surface area contributed by atoms with Gasteiger partial charge in [0.1, 0.15) is 0 Å². The molecule has 0 spiro atoms. The first-order valence-corrected chi connectivity index (χ1v) is 5.52. The van der Waals surface area contributed by atoms with Crippen molar-refractivity contribution in [3.05, 3.63) is 24.3 Å². The Balaban J connectivity index is 0.00000128. The lowest BCUT2D eigenvalue weighted by Gasteiger charge is -2.31. The Kier molecular flexibility index (Phi) is 5.66. The zero-order valence-corrected chi connectivity index (χ0v) is 10.4. The third-order valence-electron chi connectivity index (χ3n) is 2.92. The smallest absolute Gasteiger partial charge is 0.0726 e. The zero-order chi connectivity index (χ0) is 10.5. The number of hydrogen-bond donors (Lipinski definition) is 1. The van der Waals surface area contributed by atoms with Gasteiger partial charge in [-0.05, 0) is 26.4 Å². The zero-order valence-electron chi connectivity index (χ0n) is 9.59. The van der Waals surface area contributed by atoms with Gasteiger partial charge in [-0.3, -0.25) is 14.9 Å². The maximum absolute atomic E-state index is 4.29. The summed E-state index contributed by atoms with van der Waals surface area (Å²) in [6.07, 6.45) is 7.86. The molecule has 16 heavy (non-hydrogen) atoms. The van der Waals surface area contributed by atoms with E-state index in [0.29, 0.717) is 6.04 Å². The molecule has 4 nitrogen and oxygen atoms in total. The van der Waals surface area contributed by atoms with E-state index in [1.807, 2.05) is 6.20 Å². The minimum absolute atomic E-state index is 0. The van der Waals surface area contributed by atoms with Crippen molar-refractivity contribution in [1.29, 1.82) is 0 Å². The molecule has 1 unspecified atom stereocenters. The highest BCUT2D eigenvalue weighted by Gasteiger charge is 2.17. The van der Waals surface area contributed by atoms with Crippen molar-refractivity contribution >= 4 is 12.4 Å². The molecule has 1 fully saturated rings. The van der Waals surface area contributed by atoms with E-state index in [9.17, 15) is 0 Å². The van der Waals surface area contributed by atoms with Crippen LogP contribution in [0.3, 0.4) is 0 Å². The number of nitrogens with zero attached hydrogens (tertiary/aromatic N) is 3. The average molecular weight is 243 g/mol. The average Bonchev–Trinajstić information content (AvgIpc) is 2.31. The monoisotopic (exact) mass is 242 g/mol. The molecule has 0 saturated carbocycles. The first-order chi connectivity index (χ1) is 7.36. The summed E-state index contributed by atoms with van der Waals surface area (Å²) < 4.78 is 0. The topological polar surface area (TPSA) is 41.1 Å². The summed E-state index contributed by atoms with van der Waals surface area (Å²) in [5.41, 5.74) is 1.05. The number of halogens is 1. The lowest BCUT2D eigenvalue weighted by molar-refractivity contribution is 0.194. The van der Waals surface area contributed by atoms with Crippen LogP contribution in [0, 0.1) is 0 Å². The van der Waals surface area contributed by atoms with E-state index in [1.165, 1.54) is 12.8 Å². The van der Waals surface area contributed by atoms with Crippen LogP contribution in [0.4, 0.5) is 0 Å². The lowest BCUT2D eigenvalue weighted by Crippen LogP contribution is -2.43. The van der Waals surface area contributed by atoms with Crippen molar-refractivity contribution in [3.8, 4) is 0 Å². The van der Waals surface area contributed by atoms with Crippen molar-refractivity contribution in [1.82, 2.24) is 20.2 Å². The number of likely N-dealkylation sites (N-methyl/N-ethyl adjacent to an activating group) is 1. The van der Waals surface area contributed by atoms with Crippen molar-refractivity contribution in [2.24, 2.45) is 0 Å². The molecule has 1 atom stereocenters. The fraction of sp³-hybridized carbons (Fsp3) is 0.636. The standard InChI is InChI=1S/C11H18N4.ClH/c1-15(11-3-2-4-12-8-11)9-10-7-13-5-6-14-10;/h5-7,11-12H,2-4,8-9H2,1H3;1H. The number of rotatable bonds is 3. The van der Waals surface area contributed by atoms with Gasteiger partial charge >= 0.3 is 0 Å². The highest BCUT2D eigenvalue weighted by Crippen LogP contribution is 2.10. The minimum atomic E-state index is 0. The summed E-state index contributed by atoms with van der Waals surface area (Å²) in [6, 6.07) is 0.640.